The highest BCUT2D eigenvalue weighted by Crippen LogP contribution is 2.38. The summed E-state index contributed by atoms with van der Waals surface area (Å²) in [6.45, 7) is 0. The number of benzene rings is 1. The minimum Gasteiger partial charge on any atom is -0.481 e. The molecule has 3 rings (SSSR count). The summed E-state index contributed by atoms with van der Waals surface area (Å²) < 4.78 is 1.40. The van der Waals surface area contributed by atoms with E-state index in [0.717, 1.165) is 10.1 Å². The number of hydrogen-bond acceptors (Lipinski definition) is 4. The lowest BCUT2D eigenvalue weighted by molar-refractivity contribution is -0.136. The molecule has 0 aliphatic heterocycles. The van der Waals surface area contributed by atoms with Crippen LogP contribution in [-0.2, 0) is 11.2 Å². The zero-order valence-electron chi connectivity index (χ0n) is 9.54. The number of aliphatic carboxylic acids is 1. The quantitative estimate of drug-likeness (QED) is 0.775. The first-order valence-corrected chi connectivity index (χ1v) is 7.20. The van der Waals surface area contributed by atoms with Gasteiger partial charge in [-0.05, 0) is 33.8 Å². The van der Waals surface area contributed by atoms with E-state index in [-0.39, 0.29) is 12.0 Å². The van der Waals surface area contributed by atoms with Crippen molar-refractivity contribution < 1.29 is 19.8 Å². The van der Waals surface area contributed by atoms with Gasteiger partial charge in [-0.25, -0.2) is 4.79 Å². The molecule has 0 amide bonds. The summed E-state index contributed by atoms with van der Waals surface area (Å²) in [5, 5.41) is 23.4. The molecule has 0 saturated heterocycles. The van der Waals surface area contributed by atoms with E-state index in [1.807, 2.05) is 0 Å². The van der Waals surface area contributed by atoms with Crippen LogP contribution in [0.1, 0.15) is 15.9 Å². The Balaban J connectivity index is 2.50. The number of thiophene rings is 2. The molecule has 6 heteroatoms. The molecule has 96 valence electrons. The molecular formula is C13H8O4S2. The molecule has 0 radical (unpaired) electrons. The molecule has 0 spiro atoms. The average molecular weight is 292 g/mol. The molecule has 0 unspecified atom stereocenters. The van der Waals surface area contributed by atoms with E-state index in [1.54, 1.807) is 22.9 Å². The van der Waals surface area contributed by atoms with Crippen LogP contribution in [0.2, 0.25) is 0 Å². The van der Waals surface area contributed by atoms with Crippen molar-refractivity contribution in [3.05, 3.63) is 34.0 Å². The van der Waals surface area contributed by atoms with Gasteiger partial charge in [-0.15, -0.1) is 22.7 Å². The molecular weight excluding hydrogens is 284 g/mol. The summed E-state index contributed by atoms with van der Waals surface area (Å²) in [6, 6.07) is 3.54. The van der Waals surface area contributed by atoms with Gasteiger partial charge < -0.3 is 10.2 Å². The molecule has 2 heterocycles. The molecule has 1 aromatic carbocycles. The largest absolute Gasteiger partial charge is 0.481 e. The molecule has 0 aliphatic rings. The van der Waals surface area contributed by atoms with E-state index < -0.39 is 11.9 Å². The Hall–Kier alpha value is -1.92. The van der Waals surface area contributed by atoms with Gasteiger partial charge >= 0.3 is 11.9 Å². The minimum absolute atomic E-state index is 0.0931. The molecule has 0 bridgehead atoms. The van der Waals surface area contributed by atoms with Gasteiger partial charge in [0.2, 0.25) is 0 Å². The third-order valence-electron chi connectivity index (χ3n) is 2.97. The van der Waals surface area contributed by atoms with E-state index in [0.29, 0.717) is 15.6 Å². The average Bonchev–Trinajstić information content (AvgIpc) is 2.95. The molecule has 4 nitrogen and oxygen atoms in total. The number of hydrogen-bond donors (Lipinski definition) is 2. The van der Waals surface area contributed by atoms with E-state index >= 15 is 0 Å². The second-order valence-corrected chi connectivity index (χ2v) is 5.89. The maximum Gasteiger partial charge on any atom is 0.337 e. The monoisotopic (exact) mass is 292 g/mol. The predicted octanol–water partition coefficient (Wildman–Crippen LogP) is 3.44. The number of carbonyl (C=O) groups is 2. The van der Waals surface area contributed by atoms with E-state index in [9.17, 15) is 14.7 Å². The highest BCUT2D eigenvalue weighted by atomic mass is 32.1. The van der Waals surface area contributed by atoms with E-state index in [1.165, 1.54) is 22.7 Å². The van der Waals surface area contributed by atoms with Gasteiger partial charge in [-0.2, -0.15) is 0 Å². The Labute approximate surface area is 115 Å². The fourth-order valence-corrected chi connectivity index (χ4v) is 4.20. The highest BCUT2D eigenvalue weighted by Gasteiger charge is 2.21. The van der Waals surface area contributed by atoms with Gasteiger partial charge in [0.1, 0.15) is 0 Å². The van der Waals surface area contributed by atoms with Gasteiger partial charge in [0.05, 0.1) is 12.0 Å². The summed E-state index contributed by atoms with van der Waals surface area (Å²) in [4.78, 5) is 22.5. The van der Waals surface area contributed by atoms with Crippen molar-refractivity contribution in [2.75, 3.05) is 0 Å². The second-order valence-electron chi connectivity index (χ2n) is 4.06. The lowest BCUT2D eigenvalue weighted by Gasteiger charge is -2.07. The van der Waals surface area contributed by atoms with Crippen molar-refractivity contribution in [2.24, 2.45) is 0 Å². The first kappa shape index (κ1) is 12.1. The number of aromatic carboxylic acids is 1. The number of fused-ring (bicyclic) bond motifs is 2. The lowest BCUT2D eigenvalue weighted by Crippen LogP contribution is -2.03. The fourth-order valence-electron chi connectivity index (χ4n) is 2.26. The normalized spacial score (nSPS) is 11.2. The third kappa shape index (κ3) is 1.80. The predicted molar refractivity (Wildman–Crippen MR) is 75.5 cm³/mol. The molecule has 2 N–H and O–H groups in total. The zero-order valence-corrected chi connectivity index (χ0v) is 11.2. The van der Waals surface area contributed by atoms with Crippen LogP contribution < -0.4 is 0 Å². The third-order valence-corrected chi connectivity index (χ3v) is 4.87. The van der Waals surface area contributed by atoms with Crippen molar-refractivity contribution in [3.8, 4) is 0 Å². The van der Waals surface area contributed by atoms with Crippen LogP contribution in [0, 0.1) is 0 Å². The summed E-state index contributed by atoms with van der Waals surface area (Å²) >= 11 is 2.72. The summed E-state index contributed by atoms with van der Waals surface area (Å²) in [6.07, 6.45) is -0.0931. The maximum absolute atomic E-state index is 11.5. The van der Waals surface area contributed by atoms with Crippen LogP contribution in [0.4, 0.5) is 0 Å². The van der Waals surface area contributed by atoms with Crippen molar-refractivity contribution in [1.29, 1.82) is 0 Å². The molecule has 3 aromatic rings. The summed E-state index contributed by atoms with van der Waals surface area (Å²) in [5.41, 5.74) is 0.981. The minimum atomic E-state index is -0.974. The Morgan fingerprint density at radius 1 is 1.00 bits per heavy atom. The Bertz CT molecular complexity index is 761. The first-order valence-electron chi connectivity index (χ1n) is 5.44. The van der Waals surface area contributed by atoms with Crippen LogP contribution in [0.25, 0.3) is 20.2 Å². The SMILES string of the molecule is O=C(O)Cc1c2ccsc2c(C(=O)O)c2ccsc12. The van der Waals surface area contributed by atoms with Crippen LogP contribution in [-0.4, -0.2) is 22.2 Å². The zero-order chi connectivity index (χ0) is 13.6. The molecule has 0 saturated carbocycles. The number of rotatable bonds is 3. The smallest absolute Gasteiger partial charge is 0.337 e. The van der Waals surface area contributed by atoms with E-state index in [4.69, 9.17) is 5.11 Å². The fraction of sp³-hybridized carbons (Fsp3) is 0.0769. The molecule has 0 fully saturated rings. The number of carboxylic acids is 2. The van der Waals surface area contributed by atoms with Gasteiger partial charge in [-0.1, -0.05) is 0 Å². The summed E-state index contributed by atoms with van der Waals surface area (Å²) in [5.74, 6) is -1.89. The van der Waals surface area contributed by atoms with Crippen molar-refractivity contribution in [3.63, 3.8) is 0 Å². The Morgan fingerprint density at radius 2 is 1.63 bits per heavy atom. The van der Waals surface area contributed by atoms with Gasteiger partial charge in [-0.3, -0.25) is 4.79 Å². The van der Waals surface area contributed by atoms with Gasteiger partial charge in [0.25, 0.3) is 0 Å². The maximum atomic E-state index is 11.5. The first-order chi connectivity index (χ1) is 9.09. The van der Waals surface area contributed by atoms with Gasteiger partial charge in [0, 0.05) is 14.8 Å². The van der Waals surface area contributed by atoms with Crippen molar-refractivity contribution in [1.82, 2.24) is 0 Å². The summed E-state index contributed by atoms with van der Waals surface area (Å²) in [7, 11) is 0. The molecule has 2 aromatic heterocycles. The Kier molecular flexibility index (Phi) is 2.76. The topological polar surface area (TPSA) is 74.6 Å². The van der Waals surface area contributed by atoms with Crippen LogP contribution >= 0.6 is 22.7 Å². The van der Waals surface area contributed by atoms with Crippen LogP contribution in [0.5, 0.6) is 0 Å². The van der Waals surface area contributed by atoms with Crippen molar-refractivity contribution in [2.45, 2.75) is 6.42 Å². The number of carboxylic acid groups (broad SMARTS) is 2. The highest BCUT2D eigenvalue weighted by molar-refractivity contribution is 7.19. The van der Waals surface area contributed by atoms with Gasteiger partial charge in [0.15, 0.2) is 0 Å². The lowest BCUT2D eigenvalue weighted by atomic mass is 10.0. The van der Waals surface area contributed by atoms with Crippen molar-refractivity contribution >= 4 is 54.8 Å². The Morgan fingerprint density at radius 3 is 2.26 bits per heavy atom. The van der Waals surface area contributed by atoms with E-state index in [2.05, 4.69) is 0 Å². The molecule has 19 heavy (non-hydrogen) atoms. The standard InChI is InChI=1S/C13H8O4S2/c14-9(15)5-8-6-1-3-19-12(6)10(13(16)17)7-2-4-18-11(7)8/h1-4H,5H2,(H,14,15)(H,16,17). The van der Waals surface area contributed by atoms with Crippen LogP contribution in [0.15, 0.2) is 22.9 Å². The van der Waals surface area contributed by atoms with Crippen LogP contribution in [0.3, 0.4) is 0 Å². The second kappa shape index (κ2) is 4.32. The molecule has 0 aliphatic carbocycles. The molecule has 0 atom stereocenters.